The highest BCUT2D eigenvalue weighted by atomic mass is 16.5. The summed E-state index contributed by atoms with van der Waals surface area (Å²) in [6.07, 6.45) is 1.21. The predicted molar refractivity (Wildman–Crippen MR) is 65.2 cm³/mol. The van der Waals surface area contributed by atoms with Crippen LogP contribution in [0.3, 0.4) is 0 Å². The largest absolute Gasteiger partial charge is 0.367 e. The van der Waals surface area contributed by atoms with Crippen LogP contribution in [0.1, 0.15) is 41.0 Å². The van der Waals surface area contributed by atoms with Crippen molar-refractivity contribution in [2.45, 2.75) is 47.1 Å². The van der Waals surface area contributed by atoms with Gasteiger partial charge in [-0.25, -0.2) is 0 Å². The molecule has 1 fully saturated rings. The number of carbonyl (C=O) groups is 1. The first kappa shape index (κ1) is 13.5. The van der Waals surface area contributed by atoms with Crippen LogP contribution in [0.4, 0.5) is 0 Å². The fourth-order valence-electron chi connectivity index (χ4n) is 2.10. The number of amides is 1. The zero-order chi connectivity index (χ0) is 12.3. The average molecular weight is 227 g/mol. The van der Waals surface area contributed by atoms with Crippen LogP contribution in [-0.2, 0) is 9.53 Å². The summed E-state index contributed by atoms with van der Waals surface area (Å²) in [7, 11) is 0. The second-order valence-corrected chi connectivity index (χ2v) is 6.39. The van der Waals surface area contributed by atoms with E-state index in [2.05, 4.69) is 34.6 Å². The molecule has 0 radical (unpaired) electrons. The molecule has 0 spiro atoms. The fourth-order valence-corrected chi connectivity index (χ4v) is 2.10. The summed E-state index contributed by atoms with van der Waals surface area (Å²) < 4.78 is 5.59. The lowest BCUT2D eigenvalue weighted by Crippen LogP contribution is -2.48. The number of nitrogens with zero attached hydrogens (tertiary/aromatic N) is 1. The summed E-state index contributed by atoms with van der Waals surface area (Å²) >= 11 is 0. The maximum Gasteiger partial charge on any atom is 0.248 e. The average Bonchev–Trinajstić information content (AvgIpc) is 2.07. The fraction of sp³-hybridized carbons (Fsp3) is 0.923. The first-order valence-electron chi connectivity index (χ1n) is 6.17. The molecule has 0 saturated carbocycles. The minimum absolute atomic E-state index is 0.138. The number of hydrogen-bond donors (Lipinski definition) is 0. The van der Waals surface area contributed by atoms with E-state index in [9.17, 15) is 4.79 Å². The zero-order valence-electron chi connectivity index (χ0n) is 11.2. The minimum Gasteiger partial charge on any atom is -0.367 e. The molecule has 0 aromatic heterocycles. The van der Waals surface area contributed by atoms with Crippen LogP contribution >= 0.6 is 0 Å². The third-order valence-electron chi connectivity index (χ3n) is 2.64. The number of morpholine rings is 1. The van der Waals surface area contributed by atoms with Crippen molar-refractivity contribution in [1.29, 1.82) is 0 Å². The van der Waals surface area contributed by atoms with Crippen molar-refractivity contribution in [1.82, 2.24) is 4.90 Å². The molecule has 1 saturated heterocycles. The third kappa shape index (κ3) is 4.52. The van der Waals surface area contributed by atoms with Gasteiger partial charge in [0.15, 0.2) is 0 Å². The van der Waals surface area contributed by atoms with Gasteiger partial charge < -0.3 is 9.64 Å². The monoisotopic (exact) mass is 227 g/mol. The molecule has 1 atom stereocenters. The molecule has 0 aromatic rings. The maximum absolute atomic E-state index is 11.6. The Kier molecular flexibility index (Phi) is 4.36. The molecule has 1 heterocycles. The van der Waals surface area contributed by atoms with E-state index < -0.39 is 0 Å². The van der Waals surface area contributed by atoms with Crippen LogP contribution in [0, 0.1) is 11.3 Å². The Morgan fingerprint density at radius 3 is 2.56 bits per heavy atom. The van der Waals surface area contributed by atoms with Crippen molar-refractivity contribution in [3.63, 3.8) is 0 Å². The normalized spacial score (nSPS) is 23.0. The lowest BCUT2D eigenvalue weighted by atomic mass is 9.88. The Balaban J connectivity index is 2.50. The van der Waals surface area contributed by atoms with E-state index in [-0.39, 0.29) is 24.0 Å². The first-order chi connectivity index (χ1) is 7.28. The Labute approximate surface area is 99.1 Å². The highest BCUT2D eigenvalue weighted by molar-refractivity contribution is 5.78. The van der Waals surface area contributed by atoms with E-state index >= 15 is 0 Å². The number of ether oxygens (including phenoxy) is 1. The lowest BCUT2D eigenvalue weighted by Gasteiger charge is -2.36. The van der Waals surface area contributed by atoms with E-state index in [1.54, 1.807) is 0 Å². The molecule has 94 valence electrons. The summed E-state index contributed by atoms with van der Waals surface area (Å²) in [5.74, 6) is 0.663. The van der Waals surface area contributed by atoms with Gasteiger partial charge >= 0.3 is 0 Å². The van der Waals surface area contributed by atoms with Crippen LogP contribution < -0.4 is 0 Å². The summed E-state index contributed by atoms with van der Waals surface area (Å²) in [6.45, 7) is 12.8. The van der Waals surface area contributed by atoms with Gasteiger partial charge in [-0.2, -0.15) is 0 Å². The molecule has 0 aromatic carbocycles. The molecule has 1 unspecified atom stereocenters. The summed E-state index contributed by atoms with van der Waals surface area (Å²) in [6, 6.07) is 0. The maximum atomic E-state index is 11.6. The van der Waals surface area contributed by atoms with Crippen molar-refractivity contribution in [3.8, 4) is 0 Å². The zero-order valence-corrected chi connectivity index (χ0v) is 11.2. The van der Waals surface area contributed by atoms with Crippen molar-refractivity contribution < 1.29 is 9.53 Å². The van der Waals surface area contributed by atoms with Crippen molar-refractivity contribution >= 4 is 5.91 Å². The molecule has 0 aliphatic carbocycles. The summed E-state index contributed by atoms with van der Waals surface area (Å²) in [5.41, 5.74) is 0.258. The first-order valence-corrected chi connectivity index (χ1v) is 6.17. The molecule has 1 amide bonds. The van der Waals surface area contributed by atoms with Gasteiger partial charge in [0.2, 0.25) is 5.91 Å². The van der Waals surface area contributed by atoms with E-state index in [0.29, 0.717) is 5.92 Å². The molecular weight excluding hydrogens is 202 g/mol. The van der Waals surface area contributed by atoms with Gasteiger partial charge in [0.05, 0.1) is 6.10 Å². The smallest absolute Gasteiger partial charge is 0.248 e. The molecule has 1 aliphatic rings. The second-order valence-electron chi connectivity index (χ2n) is 6.39. The third-order valence-corrected chi connectivity index (χ3v) is 2.64. The quantitative estimate of drug-likeness (QED) is 0.740. The van der Waals surface area contributed by atoms with Gasteiger partial charge in [-0.1, -0.05) is 34.6 Å². The van der Waals surface area contributed by atoms with Crippen LogP contribution in [0.25, 0.3) is 0 Å². The van der Waals surface area contributed by atoms with Crippen LogP contribution in [0.2, 0.25) is 0 Å². The van der Waals surface area contributed by atoms with Gasteiger partial charge in [0.1, 0.15) is 6.61 Å². The van der Waals surface area contributed by atoms with Crippen LogP contribution in [0.5, 0.6) is 0 Å². The predicted octanol–water partition coefficient (Wildman–Crippen LogP) is 2.31. The second kappa shape index (κ2) is 5.17. The Morgan fingerprint density at radius 2 is 2.06 bits per heavy atom. The van der Waals surface area contributed by atoms with Crippen molar-refractivity contribution in [3.05, 3.63) is 0 Å². The van der Waals surface area contributed by atoms with Gasteiger partial charge in [0, 0.05) is 13.1 Å². The van der Waals surface area contributed by atoms with Gasteiger partial charge in [-0.05, 0) is 17.8 Å². The Bertz CT molecular complexity index is 243. The van der Waals surface area contributed by atoms with Crippen LogP contribution in [-0.4, -0.2) is 36.6 Å². The van der Waals surface area contributed by atoms with Crippen molar-refractivity contribution in [2.75, 3.05) is 19.7 Å². The van der Waals surface area contributed by atoms with Crippen molar-refractivity contribution in [2.24, 2.45) is 11.3 Å². The standard InChI is InChI=1S/C13H25NO2/c1-10(2)7-14-8-11(6-13(3,4)5)16-9-12(14)15/h10-11H,6-9H2,1-5H3. The topological polar surface area (TPSA) is 29.5 Å². The minimum atomic E-state index is 0.138. The molecule has 3 nitrogen and oxygen atoms in total. The highest BCUT2D eigenvalue weighted by Gasteiger charge is 2.29. The number of rotatable bonds is 3. The van der Waals surface area contributed by atoms with E-state index in [4.69, 9.17) is 4.74 Å². The Morgan fingerprint density at radius 1 is 1.44 bits per heavy atom. The highest BCUT2D eigenvalue weighted by Crippen LogP contribution is 2.24. The molecule has 1 aliphatic heterocycles. The SMILES string of the molecule is CC(C)CN1CC(CC(C)(C)C)OCC1=O. The number of hydrogen-bond acceptors (Lipinski definition) is 2. The van der Waals surface area contributed by atoms with E-state index in [1.807, 2.05) is 4.90 Å². The van der Waals surface area contributed by atoms with E-state index in [1.165, 1.54) is 0 Å². The van der Waals surface area contributed by atoms with E-state index in [0.717, 1.165) is 19.5 Å². The molecule has 0 bridgehead atoms. The molecular formula is C13H25NO2. The molecule has 3 heteroatoms. The number of carbonyl (C=O) groups excluding carboxylic acids is 1. The molecule has 16 heavy (non-hydrogen) atoms. The summed E-state index contributed by atoms with van der Waals surface area (Å²) in [4.78, 5) is 13.6. The Hall–Kier alpha value is -0.570. The van der Waals surface area contributed by atoms with Crippen LogP contribution in [0.15, 0.2) is 0 Å². The van der Waals surface area contributed by atoms with Gasteiger partial charge in [-0.3, -0.25) is 4.79 Å². The molecule has 0 N–H and O–H groups in total. The van der Waals surface area contributed by atoms with Gasteiger partial charge in [-0.15, -0.1) is 0 Å². The lowest BCUT2D eigenvalue weighted by molar-refractivity contribution is -0.151. The summed E-state index contributed by atoms with van der Waals surface area (Å²) in [5, 5.41) is 0. The van der Waals surface area contributed by atoms with Gasteiger partial charge in [0.25, 0.3) is 0 Å². The molecule has 1 rings (SSSR count).